The summed E-state index contributed by atoms with van der Waals surface area (Å²) in [6, 6.07) is 31.9. The first kappa shape index (κ1) is 19.9. The normalized spacial score (nSPS) is 11.0. The van der Waals surface area contributed by atoms with Crippen molar-refractivity contribution >= 4 is 27.4 Å². The fourth-order valence-electron chi connectivity index (χ4n) is 4.54. The zero-order chi connectivity index (χ0) is 22.1. The molecule has 4 aromatic carbocycles. The molecule has 3 heteroatoms. The van der Waals surface area contributed by atoms with E-state index in [-0.39, 0.29) is 0 Å². The number of nitriles is 1. The zero-order valence-corrected chi connectivity index (χ0v) is 18.4. The Balaban J connectivity index is 1.65. The maximum absolute atomic E-state index is 9.09. The number of hydrogen-bond acceptors (Lipinski definition) is 2. The molecule has 5 rings (SSSR count). The first-order valence-corrected chi connectivity index (χ1v) is 11.1. The number of H-pyrrole nitrogens is 1. The number of fused-ring (bicyclic) bond motifs is 3. The molecule has 0 saturated carbocycles. The number of benzene rings is 4. The average molecular weight is 416 g/mol. The average Bonchev–Trinajstić information content (AvgIpc) is 3.29. The summed E-state index contributed by atoms with van der Waals surface area (Å²) in [5, 5.41) is 12.8. The predicted octanol–water partition coefficient (Wildman–Crippen LogP) is 7.37. The Labute approximate surface area is 188 Å². The van der Waals surface area contributed by atoms with Gasteiger partial charge in [0.2, 0.25) is 0 Å². The second-order valence-corrected chi connectivity index (χ2v) is 8.02. The van der Waals surface area contributed by atoms with E-state index in [4.69, 9.17) is 5.26 Å². The first-order chi connectivity index (χ1) is 15.7. The molecule has 1 aromatic heterocycles. The topological polar surface area (TPSA) is 42.8 Å². The van der Waals surface area contributed by atoms with E-state index in [1.165, 1.54) is 33.0 Å². The molecule has 0 fully saturated rings. The van der Waals surface area contributed by atoms with Gasteiger partial charge in [-0.3, -0.25) is 0 Å². The molecule has 0 unspecified atom stereocenters. The second kappa shape index (κ2) is 8.24. The molecule has 0 amide bonds. The summed E-state index contributed by atoms with van der Waals surface area (Å²) >= 11 is 0. The molecular weight excluding hydrogens is 390 g/mol. The van der Waals surface area contributed by atoms with Crippen molar-refractivity contribution in [3.05, 3.63) is 90.5 Å². The Morgan fingerprint density at radius 3 is 2.06 bits per heavy atom. The number of aromatic amines is 1. The quantitative estimate of drug-likeness (QED) is 0.325. The van der Waals surface area contributed by atoms with Gasteiger partial charge in [-0.25, -0.2) is 0 Å². The van der Waals surface area contributed by atoms with Gasteiger partial charge in [0, 0.05) is 35.4 Å². The molecular formula is C29H25N3. The number of hydrogen-bond donors (Lipinski definition) is 1. The second-order valence-electron chi connectivity index (χ2n) is 8.02. The third-order valence-electron chi connectivity index (χ3n) is 6.28. The van der Waals surface area contributed by atoms with Crippen LogP contribution in [0.5, 0.6) is 0 Å². The fraction of sp³-hybridized carbons (Fsp3) is 0.138. The SMILES string of the molecule is CCN(CC)c1ccc(-c2cc3[nH]c(-c4ccc(C#N)cc4)cc3c3ccccc23)cc1. The van der Waals surface area contributed by atoms with Crippen molar-refractivity contribution in [1.29, 1.82) is 5.26 Å². The van der Waals surface area contributed by atoms with Crippen LogP contribution >= 0.6 is 0 Å². The largest absolute Gasteiger partial charge is 0.372 e. The maximum atomic E-state index is 9.09. The van der Waals surface area contributed by atoms with Crippen LogP contribution in [-0.4, -0.2) is 18.1 Å². The van der Waals surface area contributed by atoms with Crippen molar-refractivity contribution in [2.24, 2.45) is 0 Å². The Morgan fingerprint density at radius 1 is 0.750 bits per heavy atom. The van der Waals surface area contributed by atoms with Gasteiger partial charge in [-0.2, -0.15) is 5.26 Å². The van der Waals surface area contributed by atoms with Gasteiger partial charge in [-0.1, -0.05) is 48.5 Å². The lowest BCUT2D eigenvalue weighted by Crippen LogP contribution is -2.21. The van der Waals surface area contributed by atoms with E-state index in [0.717, 1.165) is 29.9 Å². The summed E-state index contributed by atoms with van der Waals surface area (Å²) < 4.78 is 0. The lowest BCUT2D eigenvalue weighted by atomic mass is 9.95. The van der Waals surface area contributed by atoms with E-state index in [2.05, 4.69) is 90.5 Å². The molecule has 156 valence electrons. The molecule has 0 aliphatic carbocycles. The summed E-state index contributed by atoms with van der Waals surface area (Å²) in [5.41, 5.74) is 7.63. The minimum atomic E-state index is 0.672. The lowest BCUT2D eigenvalue weighted by Gasteiger charge is -2.21. The fourth-order valence-corrected chi connectivity index (χ4v) is 4.54. The number of anilines is 1. The van der Waals surface area contributed by atoms with Crippen molar-refractivity contribution in [1.82, 2.24) is 4.98 Å². The van der Waals surface area contributed by atoms with Crippen molar-refractivity contribution in [3.8, 4) is 28.5 Å². The Hall–Kier alpha value is -4.03. The highest BCUT2D eigenvalue weighted by molar-refractivity contribution is 6.14. The first-order valence-electron chi connectivity index (χ1n) is 11.1. The molecule has 1 N–H and O–H groups in total. The predicted molar refractivity (Wildman–Crippen MR) is 135 cm³/mol. The van der Waals surface area contributed by atoms with Gasteiger partial charge in [0.05, 0.1) is 11.6 Å². The van der Waals surface area contributed by atoms with Crippen LogP contribution in [0.1, 0.15) is 19.4 Å². The van der Waals surface area contributed by atoms with Crippen LogP contribution < -0.4 is 4.90 Å². The molecule has 3 nitrogen and oxygen atoms in total. The number of nitrogens with zero attached hydrogens (tertiary/aromatic N) is 2. The highest BCUT2D eigenvalue weighted by atomic mass is 15.1. The molecule has 32 heavy (non-hydrogen) atoms. The van der Waals surface area contributed by atoms with E-state index in [0.29, 0.717) is 5.56 Å². The molecule has 0 aliphatic rings. The number of aromatic nitrogens is 1. The Kier molecular flexibility index (Phi) is 5.13. The Morgan fingerprint density at radius 2 is 1.41 bits per heavy atom. The standard InChI is InChI=1S/C29H25N3/c1-3-32(4-2)23-15-13-21(14-16-23)26-17-29-27(25-8-6-5-7-24(25)26)18-28(31-29)22-11-9-20(19-30)10-12-22/h5-18,31H,3-4H2,1-2H3. The summed E-state index contributed by atoms with van der Waals surface area (Å²) in [5.74, 6) is 0. The molecule has 0 spiro atoms. The van der Waals surface area contributed by atoms with Crippen LogP contribution in [0.3, 0.4) is 0 Å². The summed E-state index contributed by atoms with van der Waals surface area (Å²) in [4.78, 5) is 5.97. The highest BCUT2D eigenvalue weighted by Gasteiger charge is 2.12. The lowest BCUT2D eigenvalue weighted by molar-refractivity contribution is 0.866. The van der Waals surface area contributed by atoms with Crippen LogP contribution in [0, 0.1) is 11.3 Å². The van der Waals surface area contributed by atoms with Gasteiger partial charge in [0.1, 0.15) is 0 Å². The third kappa shape index (κ3) is 3.40. The minimum absolute atomic E-state index is 0.672. The van der Waals surface area contributed by atoms with Crippen LogP contribution in [0.15, 0.2) is 84.9 Å². The van der Waals surface area contributed by atoms with E-state index in [1.807, 2.05) is 24.3 Å². The van der Waals surface area contributed by atoms with Crippen LogP contribution in [-0.2, 0) is 0 Å². The molecule has 0 aliphatic heterocycles. The number of nitrogens with one attached hydrogen (secondary N) is 1. The van der Waals surface area contributed by atoms with Crippen molar-refractivity contribution in [2.75, 3.05) is 18.0 Å². The number of rotatable bonds is 5. The molecule has 0 bridgehead atoms. The minimum Gasteiger partial charge on any atom is -0.372 e. The van der Waals surface area contributed by atoms with Gasteiger partial charge in [-0.15, -0.1) is 0 Å². The van der Waals surface area contributed by atoms with Crippen molar-refractivity contribution in [3.63, 3.8) is 0 Å². The molecule has 0 atom stereocenters. The highest BCUT2D eigenvalue weighted by Crippen LogP contribution is 2.37. The van der Waals surface area contributed by atoms with Crippen molar-refractivity contribution < 1.29 is 0 Å². The van der Waals surface area contributed by atoms with Gasteiger partial charge < -0.3 is 9.88 Å². The zero-order valence-electron chi connectivity index (χ0n) is 18.4. The monoisotopic (exact) mass is 415 g/mol. The maximum Gasteiger partial charge on any atom is 0.0991 e. The smallest absolute Gasteiger partial charge is 0.0991 e. The van der Waals surface area contributed by atoms with Gasteiger partial charge in [-0.05, 0) is 77.7 Å². The van der Waals surface area contributed by atoms with Crippen molar-refractivity contribution in [2.45, 2.75) is 13.8 Å². The van der Waals surface area contributed by atoms with Crippen LogP contribution in [0.25, 0.3) is 44.1 Å². The Bertz CT molecular complexity index is 1430. The third-order valence-corrected chi connectivity index (χ3v) is 6.28. The van der Waals surface area contributed by atoms with Gasteiger partial charge in [0.25, 0.3) is 0 Å². The van der Waals surface area contributed by atoms with Gasteiger partial charge >= 0.3 is 0 Å². The van der Waals surface area contributed by atoms with E-state index < -0.39 is 0 Å². The molecule has 1 heterocycles. The summed E-state index contributed by atoms with van der Waals surface area (Å²) in [7, 11) is 0. The van der Waals surface area contributed by atoms with Crippen LogP contribution in [0.2, 0.25) is 0 Å². The summed E-state index contributed by atoms with van der Waals surface area (Å²) in [6.07, 6.45) is 0. The van der Waals surface area contributed by atoms with Crippen LogP contribution in [0.4, 0.5) is 5.69 Å². The molecule has 0 saturated heterocycles. The summed E-state index contributed by atoms with van der Waals surface area (Å²) in [6.45, 7) is 6.39. The van der Waals surface area contributed by atoms with Gasteiger partial charge in [0.15, 0.2) is 0 Å². The molecule has 0 radical (unpaired) electrons. The van der Waals surface area contributed by atoms with E-state index in [1.54, 1.807) is 0 Å². The van der Waals surface area contributed by atoms with E-state index in [9.17, 15) is 0 Å². The van der Waals surface area contributed by atoms with E-state index >= 15 is 0 Å². The molecule has 5 aromatic rings.